The third-order valence-electron chi connectivity index (χ3n) is 3.69. The molecule has 2 saturated heterocycles. The predicted octanol–water partition coefficient (Wildman–Crippen LogP) is -0.481. The molecule has 0 spiro atoms. The van der Waals surface area contributed by atoms with Crippen LogP contribution < -0.4 is 0 Å². The van der Waals surface area contributed by atoms with Crippen molar-refractivity contribution in [1.82, 2.24) is 8.61 Å². The minimum atomic E-state index is -3.41. The Morgan fingerprint density at radius 1 is 1.14 bits per heavy atom. The topological polar surface area (TPSA) is 96.4 Å². The van der Waals surface area contributed by atoms with Gasteiger partial charge in [0.15, 0.2) is 0 Å². The molecule has 2 rings (SSSR count). The van der Waals surface area contributed by atoms with Crippen molar-refractivity contribution in [3.8, 4) is 0 Å². The number of hydrogen-bond acceptors (Lipinski definition) is 5. The summed E-state index contributed by atoms with van der Waals surface area (Å²) in [6.07, 6.45) is 1.12. The van der Waals surface area contributed by atoms with Gasteiger partial charge in [-0.2, -0.15) is 17.0 Å². The van der Waals surface area contributed by atoms with E-state index in [0.717, 1.165) is 0 Å². The summed E-state index contributed by atoms with van der Waals surface area (Å²) in [4.78, 5) is 10.4. The summed E-state index contributed by atoms with van der Waals surface area (Å²) in [5, 5.41) is 8.55. The average Bonchev–Trinajstić information content (AvgIpc) is 2.48. The molecule has 8 nitrogen and oxygen atoms in total. The third-order valence-corrected chi connectivity index (χ3v) is 5.73. The van der Waals surface area contributed by atoms with Crippen LogP contribution in [0.2, 0.25) is 0 Å². The van der Waals surface area contributed by atoms with E-state index in [1.165, 1.54) is 8.61 Å². The van der Waals surface area contributed by atoms with E-state index >= 15 is 0 Å². The van der Waals surface area contributed by atoms with Crippen molar-refractivity contribution in [3.63, 3.8) is 0 Å². The number of nitrogens with zero attached hydrogens (tertiary/aromatic N) is 2. The zero-order valence-electron chi connectivity index (χ0n) is 11.9. The normalized spacial score (nSPS) is 23.2. The first kappa shape index (κ1) is 16.6. The van der Waals surface area contributed by atoms with Gasteiger partial charge in [-0.25, -0.2) is 0 Å². The number of aliphatic carboxylic acids is 1. The number of hydrogen-bond donors (Lipinski definition) is 1. The maximum Gasteiger partial charge on any atom is 0.305 e. The Morgan fingerprint density at radius 3 is 2.29 bits per heavy atom. The monoisotopic (exact) mass is 322 g/mol. The first-order valence-electron chi connectivity index (χ1n) is 7.16. The molecule has 2 heterocycles. The minimum absolute atomic E-state index is 0.0215. The highest BCUT2D eigenvalue weighted by Crippen LogP contribution is 2.19. The zero-order chi connectivity index (χ0) is 15.3. The van der Waals surface area contributed by atoms with Crippen LogP contribution >= 0.6 is 0 Å². The van der Waals surface area contributed by atoms with Gasteiger partial charge in [0.2, 0.25) is 0 Å². The van der Waals surface area contributed by atoms with Crippen molar-refractivity contribution in [2.24, 2.45) is 0 Å². The van der Waals surface area contributed by atoms with E-state index in [1.54, 1.807) is 0 Å². The van der Waals surface area contributed by atoms with Gasteiger partial charge in [-0.3, -0.25) is 4.79 Å². The van der Waals surface area contributed by atoms with Crippen LogP contribution in [-0.2, 0) is 24.5 Å². The molecule has 0 aromatic heterocycles. The lowest BCUT2D eigenvalue weighted by Gasteiger charge is -2.36. The lowest BCUT2D eigenvalue weighted by atomic mass is 10.1. The molecule has 1 N–H and O–H groups in total. The number of ether oxygens (including phenoxy) is 2. The van der Waals surface area contributed by atoms with Crippen molar-refractivity contribution >= 4 is 16.2 Å². The van der Waals surface area contributed by atoms with Gasteiger partial charge in [-0.1, -0.05) is 0 Å². The number of carboxylic acids is 1. The SMILES string of the molecule is O=C(O)CCOC1CCN(S(=O)(=O)N2CCOCC2)CC1. The second kappa shape index (κ2) is 7.50. The molecule has 2 fully saturated rings. The Kier molecular flexibility index (Phi) is 5.94. The number of morpholine rings is 1. The van der Waals surface area contributed by atoms with Gasteiger partial charge in [-0.15, -0.1) is 0 Å². The van der Waals surface area contributed by atoms with E-state index in [1.807, 2.05) is 0 Å². The Morgan fingerprint density at radius 2 is 1.71 bits per heavy atom. The van der Waals surface area contributed by atoms with Crippen molar-refractivity contribution in [1.29, 1.82) is 0 Å². The first-order chi connectivity index (χ1) is 10.00. The minimum Gasteiger partial charge on any atom is -0.481 e. The van der Waals surface area contributed by atoms with Crippen molar-refractivity contribution in [2.75, 3.05) is 46.0 Å². The molecule has 0 aromatic carbocycles. The molecule has 0 radical (unpaired) electrons. The fraction of sp³-hybridized carbons (Fsp3) is 0.917. The van der Waals surface area contributed by atoms with Gasteiger partial charge in [0, 0.05) is 26.2 Å². The lowest BCUT2D eigenvalue weighted by Crippen LogP contribution is -2.51. The molecule has 122 valence electrons. The molecule has 0 bridgehead atoms. The highest BCUT2D eigenvalue weighted by Gasteiger charge is 2.33. The standard InChI is InChI=1S/C12H22N2O6S/c15-12(16)3-8-20-11-1-4-13(5-2-11)21(17,18)14-6-9-19-10-7-14/h11H,1-10H2,(H,15,16). The van der Waals surface area contributed by atoms with Crippen LogP contribution in [0.4, 0.5) is 0 Å². The summed E-state index contributed by atoms with van der Waals surface area (Å²) >= 11 is 0. The highest BCUT2D eigenvalue weighted by atomic mass is 32.2. The molecule has 2 aliphatic rings. The van der Waals surface area contributed by atoms with E-state index in [2.05, 4.69) is 0 Å². The molecule has 2 aliphatic heterocycles. The Labute approximate surface area is 124 Å². The fourth-order valence-corrected chi connectivity index (χ4v) is 4.09. The van der Waals surface area contributed by atoms with Crippen LogP contribution in [0.25, 0.3) is 0 Å². The van der Waals surface area contributed by atoms with Crippen LogP contribution in [0.5, 0.6) is 0 Å². The quantitative estimate of drug-likeness (QED) is 0.709. The van der Waals surface area contributed by atoms with Gasteiger partial charge < -0.3 is 14.6 Å². The van der Waals surface area contributed by atoms with Crippen molar-refractivity contribution < 1.29 is 27.8 Å². The van der Waals surface area contributed by atoms with E-state index in [0.29, 0.717) is 52.2 Å². The largest absolute Gasteiger partial charge is 0.481 e. The Balaban J connectivity index is 1.78. The fourth-order valence-electron chi connectivity index (χ4n) is 2.48. The van der Waals surface area contributed by atoms with Gasteiger partial charge in [0.25, 0.3) is 10.2 Å². The summed E-state index contributed by atoms with van der Waals surface area (Å²) < 4.78 is 38.4. The van der Waals surface area contributed by atoms with Crippen molar-refractivity contribution in [3.05, 3.63) is 0 Å². The first-order valence-corrected chi connectivity index (χ1v) is 8.56. The molecule has 0 aliphatic carbocycles. The second-order valence-electron chi connectivity index (χ2n) is 5.13. The zero-order valence-corrected chi connectivity index (χ0v) is 12.8. The molecule has 0 aromatic rings. The summed E-state index contributed by atoms with van der Waals surface area (Å²) in [5.74, 6) is -0.887. The summed E-state index contributed by atoms with van der Waals surface area (Å²) in [6, 6.07) is 0. The molecule has 9 heteroatoms. The Bertz CT molecular complexity index is 441. The number of rotatable bonds is 6. The molecule has 0 saturated carbocycles. The van der Waals surface area contributed by atoms with Crippen LogP contribution in [0.15, 0.2) is 0 Å². The van der Waals surface area contributed by atoms with E-state index < -0.39 is 16.2 Å². The lowest BCUT2D eigenvalue weighted by molar-refractivity contribution is -0.138. The van der Waals surface area contributed by atoms with E-state index in [-0.39, 0.29) is 19.1 Å². The summed E-state index contributed by atoms with van der Waals surface area (Å²) in [5.41, 5.74) is 0. The van der Waals surface area contributed by atoms with Crippen LogP contribution in [0.3, 0.4) is 0 Å². The van der Waals surface area contributed by atoms with Gasteiger partial charge in [0.1, 0.15) is 0 Å². The second-order valence-corrected chi connectivity index (χ2v) is 7.06. The molecule has 0 amide bonds. The van der Waals surface area contributed by atoms with Gasteiger partial charge >= 0.3 is 5.97 Å². The maximum absolute atomic E-state index is 12.4. The predicted molar refractivity (Wildman–Crippen MR) is 74.1 cm³/mol. The van der Waals surface area contributed by atoms with E-state index in [4.69, 9.17) is 14.6 Å². The highest BCUT2D eigenvalue weighted by molar-refractivity contribution is 7.86. The summed E-state index contributed by atoms with van der Waals surface area (Å²) in [6.45, 7) is 2.68. The van der Waals surface area contributed by atoms with E-state index in [9.17, 15) is 13.2 Å². The van der Waals surface area contributed by atoms with Crippen LogP contribution in [0.1, 0.15) is 19.3 Å². The number of carbonyl (C=O) groups is 1. The number of piperidine rings is 1. The van der Waals surface area contributed by atoms with Crippen LogP contribution in [0, 0.1) is 0 Å². The van der Waals surface area contributed by atoms with Gasteiger partial charge in [0.05, 0.1) is 32.3 Å². The average molecular weight is 322 g/mol. The smallest absolute Gasteiger partial charge is 0.305 e. The maximum atomic E-state index is 12.4. The Hall–Kier alpha value is -0.740. The van der Waals surface area contributed by atoms with Crippen LogP contribution in [-0.4, -0.2) is 80.2 Å². The summed E-state index contributed by atoms with van der Waals surface area (Å²) in [7, 11) is -3.41. The third kappa shape index (κ3) is 4.62. The molecule has 0 unspecified atom stereocenters. The van der Waals surface area contributed by atoms with Gasteiger partial charge in [-0.05, 0) is 12.8 Å². The molecular formula is C12H22N2O6S. The molecule has 21 heavy (non-hydrogen) atoms. The molecular weight excluding hydrogens is 300 g/mol. The molecule has 0 atom stereocenters. The number of carboxylic acid groups (broad SMARTS) is 1. The van der Waals surface area contributed by atoms with Crippen molar-refractivity contribution in [2.45, 2.75) is 25.4 Å².